The topological polar surface area (TPSA) is 147 Å². The van der Waals surface area contributed by atoms with E-state index in [0.29, 0.717) is 22.3 Å². The van der Waals surface area contributed by atoms with E-state index in [2.05, 4.69) is 10.6 Å². The normalized spacial score (nSPS) is 22.3. The maximum absolute atomic E-state index is 13.1. The van der Waals surface area contributed by atoms with Crippen molar-refractivity contribution in [3.05, 3.63) is 64.9 Å². The summed E-state index contributed by atoms with van der Waals surface area (Å²) in [4.78, 5) is 39.1. The third kappa shape index (κ3) is 3.00. The quantitative estimate of drug-likeness (QED) is 0.452. The van der Waals surface area contributed by atoms with E-state index in [1.807, 2.05) is 6.07 Å². The maximum Gasteiger partial charge on any atom is 0.254 e. The molecule has 1 fully saturated rings. The molecule has 0 spiro atoms. The first-order valence-electron chi connectivity index (χ1n) is 9.87. The SMILES string of the molecule is COc1ccc2c(c1)C(=O)N(CC1(c3cc4ccc(C(N)=O)cc4o3)NC(O)NC1=O)C2. The summed E-state index contributed by atoms with van der Waals surface area (Å²) in [6, 6.07) is 11.6. The smallest absolute Gasteiger partial charge is 0.254 e. The molecule has 2 unspecified atom stereocenters. The molecule has 2 aliphatic heterocycles. The van der Waals surface area contributed by atoms with Crippen LogP contribution in [0.5, 0.6) is 5.75 Å². The number of ether oxygens (including phenoxy) is 1. The molecule has 32 heavy (non-hydrogen) atoms. The van der Waals surface area contributed by atoms with E-state index in [-0.39, 0.29) is 30.3 Å². The van der Waals surface area contributed by atoms with Gasteiger partial charge in [0, 0.05) is 23.1 Å². The van der Waals surface area contributed by atoms with Crippen molar-refractivity contribution in [2.75, 3.05) is 13.7 Å². The standard InChI is InChI=1S/C22H20N4O6/c1-31-14-5-4-13-9-26(19(28)15(13)8-14)10-22(20(29)24-21(30)25-22)17-7-11-2-3-12(18(23)27)6-16(11)32-17/h2-8,21,25,30H,9-10H2,1H3,(H2,23,27)(H,24,29). The fourth-order valence-electron chi connectivity index (χ4n) is 4.24. The predicted octanol–water partition coefficient (Wildman–Crippen LogP) is 0.387. The second-order valence-electron chi connectivity index (χ2n) is 7.84. The van der Waals surface area contributed by atoms with Gasteiger partial charge in [-0.3, -0.25) is 19.7 Å². The number of methoxy groups -OCH3 is 1. The van der Waals surface area contributed by atoms with Crippen LogP contribution in [0.4, 0.5) is 0 Å². The van der Waals surface area contributed by atoms with Gasteiger partial charge in [-0.2, -0.15) is 0 Å². The van der Waals surface area contributed by atoms with Crippen molar-refractivity contribution in [1.29, 1.82) is 0 Å². The number of carbonyl (C=O) groups is 3. The number of carbonyl (C=O) groups excluding carboxylic acids is 3. The summed E-state index contributed by atoms with van der Waals surface area (Å²) in [5.74, 6) is -0.655. The molecule has 0 bridgehead atoms. The zero-order chi connectivity index (χ0) is 22.6. The van der Waals surface area contributed by atoms with Crippen LogP contribution in [0.3, 0.4) is 0 Å². The van der Waals surface area contributed by atoms with Gasteiger partial charge in [-0.05, 0) is 35.9 Å². The number of benzene rings is 2. The van der Waals surface area contributed by atoms with Crippen LogP contribution in [-0.2, 0) is 16.9 Å². The molecule has 3 heterocycles. The molecule has 3 amide bonds. The van der Waals surface area contributed by atoms with Gasteiger partial charge < -0.3 is 30.2 Å². The van der Waals surface area contributed by atoms with Gasteiger partial charge in [-0.15, -0.1) is 0 Å². The molecule has 164 valence electrons. The number of aliphatic hydroxyl groups is 1. The van der Waals surface area contributed by atoms with Crippen molar-refractivity contribution >= 4 is 28.7 Å². The molecular weight excluding hydrogens is 416 g/mol. The Bertz CT molecular complexity index is 1280. The van der Waals surface area contributed by atoms with Crippen LogP contribution in [0.25, 0.3) is 11.0 Å². The lowest BCUT2D eigenvalue weighted by Gasteiger charge is -2.29. The molecule has 1 aromatic heterocycles. The van der Waals surface area contributed by atoms with Crippen LogP contribution in [0, 0.1) is 0 Å². The first-order valence-corrected chi connectivity index (χ1v) is 9.87. The minimum atomic E-state index is -1.53. The maximum atomic E-state index is 13.1. The van der Waals surface area contributed by atoms with Gasteiger partial charge in [-0.25, -0.2) is 0 Å². The largest absolute Gasteiger partial charge is 0.497 e. The minimum Gasteiger partial charge on any atom is -0.497 e. The van der Waals surface area contributed by atoms with Gasteiger partial charge in [0.2, 0.25) is 5.91 Å². The summed E-state index contributed by atoms with van der Waals surface area (Å²) in [7, 11) is 1.52. The van der Waals surface area contributed by atoms with Crippen molar-refractivity contribution in [2.24, 2.45) is 5.73 Å². The van der Waals surface area contributed by atoms with Gasteiger partial charge in [0.25, 0.3) is 11.8 Å². The highest BCUT2D eigenvalue weighted by Crippen LogP contribution is 2.35. The second kappa shape index (κ2) is 7.08. The average Bonchev–Trinajstić information content (AvgIpc) is 3.41. The Balaban J connectivity index is 1.54. The lowest BCUT2D eigenvalue weighted by Crippen LogP contribution is -2.53. The number of rotatable bonds is 5. The molecular formula is C22H20N4O6. The molecule has 0 radical (unpaired) electrons. The van der Waals surface area contributed by atoms with Crippen LogP contribution in [-0.4, -0.2) is 47.7 Å². The Hall–Kier alpha value is -3.89. The first kappa shape index (κ1) is 20.0. The molecule has 5 N–H and O–H groups in total. The second-order valence-corrected chi connectivity index (χ2v) is 7.84. The van der Waals surface area contributed by atoms with E-state index in [9.17, 15) is 19.5 Å². The number of furan rings is 1. The molecule has 0 aliphatic carbocycles. The average molecular weight is 436 g/mol. The zero-order valence-electron chi connectivity index (χ0n) is 17.0. The molecule has 2 atom stereocenters. The molecule has 10 heteroatoms. The highest BCUT2D eigenvalue weighted by Gasteiger charge is 2.52. The number of hydrogen-bond acceptors (Lipinski definition) is 7. The summed E-state index contributed by atoms with van der Waals surface area (Å²) in [6.45, 7) is 0.200. The fourth-order valence-corrected chi connectivity index (χ4v) is 4.24. The summed E-state index contributed by atoms with van der Waals surface area (Å²) >= 11 is 0. The Kier molecular flexibility index (Phi) is 4.43. The number of nitrogens with one attached hydrogen (secondary N) is 2. The summed E-state index contributed by atoms with van der Waals surface area (Å²) in [5.41, 5.74) is 5.72. The summed E-state index contributed by atoms with van der Waals surface area (Å²) in [6.07, 6.45) is -1.32. The van der Waals surface area contributed by atoms with Crippen molar-refractivity contribution in [2.45, 2.75) is 18.4 Å². The molecule has 5 rings (SSSR count). The van der Waals surface area contributed by atoms with E-state index in [1.165, 1.54) is 18.1 Å². The highest BCUT2D eigenvalue weighted by atomic mass is 16.5. The Labute approximate surface area is 181 Å². The molecule has 2 aliphatic rings. The zero-order valence-corrected chi connectivity index (χ0v) is 17.0. The molecule has 0 saturated carbocycles. The van der Waals surface area contributed by atoms with Crippen molar-refractivity contribution in [3.8, 4) is 5.75 Å². The lowest BCUT2D eigenvalue weighted by atomic mass is 9.95. The Morgan fingerprint density at radius 1 is 1.28 bits per heavy atom. The number of nitrogens with two attached hydrogens (primary N) is 1. The van der Waals surface area contributed by atoms with Crippen LogP contribution in [0.1, 0.15) is 32.0 Å². The van der Waals surface area contributed by atoms with Crippen molar-refractivity contribution in [3.63, 3.8) is 0 Å². The molecule has 3 aromatic rings. The van der Waals surface area contributed by atoms with Crippen molar-refractivity contribution in [1.82, 2.24) is 15.5 Å². The molecule has 2 aromatic carbocycles. The summed E-state index contributed by atoms with van der Waals surface area (Å²) < 4.78 is 11.1. The lowest BCUT2D eigenvalue weighted by molar-refractivity contribution is -0.125. The number of primary amides is 1. The van der Waals surface area contributed by atoms with Gasteiger partial charge in [0.1, 0.15) is 17.1 Å². The van der Waals surface area contributed by atoms with E-state index >= 15 is 0 Å². The van der Waals surface area contributed by atoms with Gasteiger partial charge in [0.05, 0.1) is 13.7 Å². The number of aliphatic hydroxyl groups excluding tert-OH is 1. The Morgan fingerprint density at radius 2 is 2.09 bits per heavy atom. The number of hydrogen-bond donors (Lipinski definition) is 4. The highest BCUT2D eigenvalue weighted by molar-refractivity contribution is 6.00. The number of nitrogens with zero attached hydrogens (tertiary/aromatic N) is 1. The van der Waals surface area contributed by atoms with Gasteiger partial charge >= 0.3 is 0 Å². The molecule has 10 nitrogen and oxygen atoms in total. The van der Waals surface area contributed by atoms with Crippen LogP contribution < -0.4 is 21.1 Å². The third-order valence-corrected chi connectivity index (χ3v) is 5.89. The van der Waals surface area contributed by atoms with Gasteiger partial charge in [0.15, 0.2) is 11.9 Å². The van der Waals surface area contributed by atoms with Gasteiger partial charge in [-0.1, -0.05) is 12.1 Å². The minimum absolute atomic E-state index is 0.0891. The van der Waals surface area contributed by atoms with E-state index in [4.69, 9.17) is 14.9 Å². The van der Waals surface area contributed by atoms with Crippen LogP contribution in [0.15, 0.2) is 46.9 Å². The molecule has 1 saturated heterocycles. The van der Waals surface area contributed by atoms with E-state index < -0.39 is 23.7 Å². The van der Waals surface area contributed by atoms with Crippen LogP contribution >= 0.6 is 0 Å². The first-order chi connectivity index (χ1) is 15.3. The number of amides is 3. The monoisotopic (exact) mass is 436 g/mol. The van der Waals surface area contributed by atoms with Crippen LogP contribution in [0.2, 0.25) is 0 Å². The van der Waals surface area contributed by atoms with E-state index in [1.54, 1.807) is 30.3 Å². The van der Waals surface area contributed by atoms with Crippen molar-refractivity contribution < 1.29 is 28.6 Å². The fraction of sp³-hybridized carbons (Fsp3) is 0.227. The van der Waals surface area contributed by atoms with E-state index in [0.717, 1.165) is 5.56 Å². The summed E-state index contributed by atoms with van der Waals surface area (Å²) in [5, 5.41) is 16.0. The Morgan fingerprint density at radius 3 is 2.78 bits per heavy atom. The third-order valence-electron chi connectivity index (χ3n) is 5.89. The predicted molar refractivity (Wildman–Crippen MR) is 111 cm³/mol. The number of fused-ring (bicyclic) bond motifs is 2.